The summed E-state index contributed by atoms with van der Waals surface area (Å²) in [4.78, 5) is 7.00. The summed E-state index contributed by atoms with van der Waals surface area (Å²) in [6.45, 7) is 5.79. The standard InChI is InChI=1S/C13H16N2O2S/c1-10-7-15(4-6-16-10)8-11-9-18-13(14-11)12-3-2-5-17-12/h2-3,5,9-10H,4,6-8H2,1H3. The molecule has 0 amide bonds. The summed E-state index contributed by atoms with van der Waals surface area (Å²) in [7, 11) is 0. The molecule has 1 unspecified atom stereocenters. The first kappa shape index (κ1) is 11.9. The number of nitrogens with zero attached hydrogens (tertiary/aromatic N) is 2. The molecule has 96 valence electrons. The highest BCUT2D eigenvalue weighted by Crippen LogP contribution is 2.24. The van der Waals surface area contributed by atoms with Gasteiger partial charge in [-0.2, -0.15) is 0 Å². The number of hydrogen-bond donors (Lipinski definition) is 0. The molecule has 0 aromatic carbocycles. The Bertz CT molecular complexity index is 495. The zero-order valence-corrected chi connectivity index (χ0v) is 11.2. The Hall–Kier alpha value is -1.17. The highest BCUT2D eigenvalue weighted by Gasteiger charge is 2.18. The Morgan fingerprint density at radius 3 is 3.28 bits per heavy atom. The zero-order valence-electron chi connectivity index (χ0n) is 10.3. The van der Waals surface area contributed by atoms with Gasteiger partial charge in [-0.15, -0.1) is 11.3 Å². The van der Waals surface area contributed by atoms with Crippen molar-refractivity contribution in [3.8, 4) is 10.8 Å². The van der Waals surface area contributed by atoms with Crippen molar-refractivity contribution in [3.63, 3.8) is 0 Å². The van der Waals surface area contributed by atoms with Gasteiger partial charge in [0.2, 0.25) is 0 Å². The molecule has 0 bridgehead atoms. The third-order valence-corrected chi connectivity index (χ3v) is 3.90. The molecule has 1 aliphatic rings. The van der Waals surface area contributed by atoms with Crippen molar-refractivity contribution in [2.24, 2.45) is 0 Å². The Kier molecular flexibility index (Phi) is 3.45. The Labute approximate surface area is 110 Å². The second-order valence-electron chi connectivity index (χ2n) is 4.54. The molecule has 1 atom stereocenters. The molecule has 2 aromatic heterocycles. The van der Waals surface area contributed by atoms with Crippen LogP contribution in [-0.2, 0) is 11.3 Å². The van der Waals surface area contributed by atoms with E-state index >= 15 is 0 Å². The van der Waals surface area contributed by atoms with Gasteiger partial charge in [-0.3, -0.25) is 4.90 Å². The van der Waals surface area contributed by atoms with Gasteiger partial charge in [0.25, 0.3) is 0 Å². The number of hydrogen-bond acceptors (Lipinski definition) is 5. The first-order valence-electron chi connectivity index (χ1n) is 6.13. The Morgan fingerprint density at radius 1 is 1.56 bits per heavy atom. The van der Waals surface area contributed by atoms with Crippen molar-refractivity contribution in [3.05, 3.63) is 29.5 Å². The van der Waals surface area contributed by atoms with Gasteiger partial charge in [0, 0.05) is 25.0 Å². The fraction of sp³-hybridized carbons (Fsp3) is 0.462. The van der Waals surface area contributed by atoms with Gasteiger partial charge >= 0.3 is 0 Å². The van der Waals surface area contributed by atoms with Crippen molar-refractivity contribution in [2.75, 3.05) is 19.7 Å². The molecule has 0 spiro atoms. The van der Waals surface area contributed by atoms with Crippen molar-refractivity contribution >= 4 is 11.3 Å². The molecule has 1 saturated heterocycles. The number of aromatic nitrogens is 1. The van der Waals surface area contributed by atoms with Crippen molar-refractivity contribution in [2.45, 2.75) is 19.6 Å². The minimum absolute atomic E-state index is 0.321. The number of rotatable bonds is 3. The Balaban J connectivity index is 1.66. The van der Waals surface area contributed by atoms with Crippen LogP contribution in [0.2, 0.25) is 0 Å². The second kappa shape index (κ2) is 5.22. The molecule has 0 radical (unpaired) electrons. The number of ether oxygens (including phenoxy) is 1. The van der Waals surface area contributed by atoms with Crippen LogP contribution < -0.4 is 0 Å². The van der Waals surface area contributed by atoms with Crippen LogP contribution in [0.4, 0.5) is 0 Å². The minimum atomic E-state index is 0.321. The fourth-order valence-corrected chi connectivity index (χ4v) is 2.93. The molecular formula is C13H16N2O2S. The van der Waals surface area contributed by atoms with Gasteiger partial charge in [0.05, 0.1) is 24.7 Å². The lowest BCUT2D eigenvalue weighted by Crippen LogP contribution is -2.40. The lowest BCUT2D eigenvalue weighted by molar-refractivity contribution is -0.0215. The van der Waals surface area contributed by atoms with E-state index in [1.165, 1.54) is 0 Å². The summed E-state index contributed by atoms with van der Waals surface area (Å²) in [5.41, 5.74) is 1.11. The molecule has 0 N–H and O–H groups in total. The van der Waals surface area contributed by atoms with Crippen LogP contribution in [0.3, 0.4) is 0 Å². The molecule has 3 rings (SSSR count). The number of morpholine rings is 1. The lowest BCUT2D eigenvalue weighted by atomic mass is 10.3. The van der Waals surface area contributed by atoms with Crippen molar-refractivity contribution in [1.82, 2.24) is 9.88 Å². The molecule has 1 aliphatic heterocycles. The van der Waals surface area contributed by atoms with Gasteiger partial charge in [0.15, 0.2) is 10.8 Å². The first-order chi connectivity index (χ1) is 8.81. The number of thiazole rings is 1. The predicted molar refractivity (Wildman–Crippen MR) is 70.5 cm³/mol. The molecule has 3 heterocycles. The van der Waals surface area contributed by atoms with Crippen LogP contribution in [0.25, 0.3) is 10.8 Å². The van der Waals surface area contributed by atoms with Crippen LogP contribution in [0.15, 0.2) is 28.2 Å². The molecule has 18 heavy (non-hydrogen) atoms. The van der Waals surface area contributed by atoms with Gasteiger partial charge in [0.1, 0.15) is 0 Å². The third kappa shape index (κ3) is 2.63. The molecule has 0 saturated carbocycles. The zero-order chi connectivity index (χ0) is 12.4. The quantitative estimate of drug-likeness (QED) is 0.854. The summed E-state index contributed by atoms with van der Waals surface area (Å²) in [6, 6.07) is 3.83. The fourth-order valence-electron chi connectivity index (χ4n) is 2.16. The van der Waals surface area contributed by atoms with Crippen molar-refractivity contribution in [1.29, 1.82) is 0 Å². The largest absolute Gasteiger partial charge is 0.462 e. The first-order valence-corrected chi connectivity index (χ1v) is 7.01. The third-order valence-electron chi connectivity index (χ3n) is 2.99. The van der Waals surface area contributed by atoms with Gasteiger partial charge in [-0.1, -0.05) is 0 Å². The molecular weight excluding hydrogens is 248 g/mol. The van der Waals surface area contributed by atoms with E-state index in [-0.39, 0.29) is 0 Å². The highest BCUT2D eigenvalue weighted by atomic mass is 32.1. The maximum absolute atomic E-state index is 5.54. The summed E-state index contributed by atoms with van der Waals surface area (Å²) in [5.74, 6) is 0.849. The van der Waals surface area contributed by atoms with E-state index in [2.05, 4.69) is 22.2 Å². The van der Waals surface area contributed by atoms with E-state index in [1.54, 1.807) is 17.6 Å². The van der Waals surface area contributed by atoms with E-state index in [1.807, 2.05) is 12.1 Å². The molecule has 0 aliphatic carbocycles. The van der Waals surface area contributed by atoms with Gasteiger partial charge in [-0.05, 0) is 19.1 Å². The lowest BCUT2D eigenvalue weighted by Gasteiger charge is -2.30. The van der Waals surface area contributed by atoms with Crippen LogP contribution in [-0.4, -0.2) is 35.7 Å². The smallest absolute Gasteiger partial charge is 0.162 e. The molecule has 2 aromatic rings. The average molecular weight is 264 g/mol. The molecule has 1 fully saturated rings. The average Bonchev–Trinajstić information content (AvgIpc) is 2.98. The Morgan fingerprint density at radius 2 is 2.50 bits per heavy atom. The van der Waals surface area contributed by atoms with Crippen LogP contribution in [0.5, 0.6) is 0 Å². The summed E-state index contributed by atoms with van der Waals surface area (Å²) in [5, 5.41) is 3.06. The summed E-state index contributed by atoms with van der Waals surface area (Å²) in [6.07, 6.45) is 2.00. The van der Waals surface area contributed by atoms with Crippen LogP contribution in [0.1, 0.15) is 12.6 Å². The predicted octanol–water partition coefficient (Wildman–Crippen LogP) is 2.62. The van der Waals surface area contributed by atoms with E-state index in [4.69, 9.17) is 9.15 Å². The van der Waals surface area contributed by atoms with Gasteiger partial charge < -0.3 is 9.15 Å². The monoisotopic (exact) mass is 264 g/mol. The summed E-state index contributed by atoms with van der Waals surface area (Å²) >= 11 is 1.63. The topological polar surface area (TPSA) is 38.5 Å². The van der Waals surface area contributed by atoms with Gasteiger partial charge in [-0.25, -0.2) is 4.98 Å². The van der Waals surface area contributed by atoms with E-state index in [0.717, 1.165) is 42.7 Å². The van der Waals surface area contributed by atoms with E-state index in [0.29, 0.717) is 6.10 Å². The number of furan rings is 1. The maximum Gasteiger partial charge on any atom is 0.162 e. The minimum Gasteiger partial charge on any atom is -0.462 e. The second-order valence-corrected chi connectivity index (χ2v) is 5.40. The maximum atomic E-state index is 5.54. The van der Waals surface area contributed by atoms with Crippen LogP contribution >= 0.6 is 11.3 Å². The SMILES string of the molecule is CC1CN(Cc2csc(-c3ccco3)n2)CCO1. The highest BCUT2D eigenvalue weighted by molar-refractivity contribution is 7.13. The van der Waals surface area contributed by atoms with Crippen LogP contribution in [0, 0.1) is 0 Å². The molecule has 4 nitrogen and oxygen atoms in total. The molecule has 5 heteroatoms. The van der Waals surface area contributed by atoms with Crippen molar-refractivity contribution < 1.29 is 9.15 Å². The van der Waals surface area contributed by atoms with E-state index < -0.39 is 0 Å². The summed E-state index contributed by atoms with van der Waals surface area (Å²) < 4.78 is 10.9. The van der Waals surface area contributed by atoms with E-state index in [9.17, 15) is 0 Å². The normalized spacial score (nSPS) is 21.3.